The predicted molar refractivity (Wildman–Crippen MR) is 67.9 cm³/mol. The van der Waals surface area contributed by atoms with Crippen LogP contribution in [0.2, 0.25) is 0 Å². The van der Waals surface area contributed by atoms with Crippen LogP contribution in [0.25, 0.3) is 0 Å². The summed E-state index contributed by atoms with van der Waals surface area (Å²) in [6, 6.07) is 9.04. The van der Waals surface area contributed by atoms with Crippen LogP contribution in [-0.4, -0.2) is 4.92 Å². The summed E-state index contributed by atoms with van der Waals surface area (Å²) >= 11 is 0. The van der Waals surface area contributed by atoms with E-state index in [1.807, 2.05) is 0 Å². The van der Waals surface area contributed by atoms with E-state index in [0.717, 1.165) is 31.2 Å². The maximum absolute atomic E-state index is 10.6. The van der Waals surface area contributed by atoms with E-state index in [2.05, 4.69) is 6.07 Å². The van der Waals surface area contributed by atoms with Crippen molar-refractivity contribution in [3.63, 3.8) is 0 Å². The Bertz CT molecular complexity index is 468. The molecule has 0 aliphatic heterocycles. The highest BCUT2D eigenvalue weighted by atomic mass is 16.6. The monoisotopic (exact) mass is 244 g/mol. The second-order valence-corrected chi connectivity index (χ2v) is 5.05. The SMILES string of the molecule is N#CC1(Cc2ccc([N+](=O)[O-])cc2)CCCCC1. The Hall–Kier alpha value is -1.89. The fraction of sp³-hybridized carbons (Fsp3) is 0.500. The van der Waals surface area contributed by atoms with E-state index in [0.29, 0.717) is 6.42 Å². The van der Waals surface area contributed by atoms with Gasteiger partial charge in [-0.1, -0.05) is 31.4 Å². The number of rotatable bonds is 3. The lowest BCUT2D eigenvalue weighted by Crippen LogP contribution is -2.24. The molecule has 18 heavy (non-hydrogen) atoms. The third kappa shape index (κ3) is 2.67. The highest BCUT2D eigenvalue weighted by molar-refractivity contribution is 5.33. The van der Waals surface area contributed by atoms with Gasteiger partial charge in [-0.3, -0.25) is 10.1 Å². The molecule has 4 heteroatoms. The summed E-state index contributed by atoms with van der Waals surface area (Å²) in [7, 11) is 0. The van der Waals surface area contributed by atoms with E-state index >= 15 is 0 Å². The van der Waals surface area contributed by atoms with Crippen molar-refractivity contribution in [1.82, 2.24) is 0 Å². The number of nitrogens with zero attached hydrogens (tertiary/aromatic N) is 2. The van der Waals surface area contributed by atoms with Crippen molar-refractivity contribution >= 4 is 5.69 Å². The van der Waals surface area contributed by atoms with Gasteiger partial charge in [0.05, 0.1) is 16.4 Å². The first kappa shape index (κ1) is 12.6. The molecule has 1 aliphatic rings. The van der Waals surface area contributed by atoms with E-state index < -0.39 is 4.92 Å². The minimum atomic E-state index is -0.398. The average Bonchev–Trinajstić information content (AvgIpc) is 2.40. The molecule has 1 fully saturated rings. The zero-order chi connectivity index (χ0) is 13.0. The van der Waals surface area contributed by atoms with Gasteiger partial charge in [0.2, 0.25) is 0 Å². The van der Waals surface area contributed by atoms with Gasteiger partial charge in [0, 0.05) is 12.1 Å². The zero-order valence-corrected chi connectivity index (χ0v) is 10.3. The first-order valence-electron chi connectivity index (χ1n) is 6.30. The van der Waals surface area contributed by atoms with Crippen molar-refractivity contribution in [2.24, 2.45) is 5.41 Å². The normalized spacial score (nSPS) is 17.9. The van der Waals surface area contributed by atoms with Crippen LogP contribution >= 0.6 is 0 Å². The molecule has 1 saturated carbocycles. The fourth-order valence-corrected chi connectivity index (χ4v) is 2.68. The van der Waals surface area contributed by atoms with Gasteiger partial charge >= 0.3 is 0 Å². The van der Waals surface area contributed by atoms with Crippen molar-refractivity contribution in [3.8, 4) is 6.07 Å². The lowest BCUT2D eigenvalue weighted by molar-refractivity contribution is -0.384. The second kappa shape index (κ2) is 5.18. The molecule has 1 aliphatic carbocycles. The largest absolute Gasteiger partial charge is 0.269 e. The van der Waals surface area contributed by atoms with Crippen LogP contribution in [0.3, 0.4) is 0 Å². The van der Waals surface area contributed by atoms with Gasteiger partial charge < -0.3 is 0 Å². The topological polar surface area (TPSA) is 66.9 Å². The lowest BCUT2D eigenvalue weighted by atomic mass is 9.71. The summed E-state index contributed by atoms with van der Waals surface area (Å²) in [5.41, 5.74) is 0.867. The van der Waals surface area contributed by atoms with Gasteiger partial charge in [-0.2, -0.15) is 5.26 Å². The molecular formula is C14H16N2O2. The van der Waals surface area contributed by atoms with E-state index in [1.54, 1.807) is 12.1 Å². The van der Waals surface area contributed by atoms with Crippen molar-refractivity contribution in [2.75, 3.05) is 0 Å². The van der Waals surface area contributed by atoms with Crippen molar-refractivity contribution in [3.05, 3.63) is 39.9 Å². The summed E-state index contributed by atoms with van der Waals surface area (Å²) in [5, 5.41) is 20.0. The van der Waals surface area contributed by atoms with Crippen LogP contribution in [0.1, 0.15) is 37.7 Å². The third-order valence-electron chi connectivity index (χ3n) is 3.74. The first-order valence-corrected chi connectivity index (χ1v) is 6.30. The second-order valence-electron chi connectivity index (χ2n) is 5.05. The minimum Gasteiger partial charge on any atom is -0.258 e. The number of hydrogen-bond acceptors (Lipinski definition) is 3. The van der Waals surface area contributed by atoms with Crippen molar-refractivity contribution in [2.45, 2.75) is 38.5 Å². The van der Waals surface area contributed by atoms with Gasteiger partial charge in [0.1, 0.15) is 0 Å². The lowest BCUT2D eigenvalue weighted by Gasteiger charge is -2.30. The average molecular weight is 244 g/mol. The van der Waals surface area contributed by atoms with Gasteiger partial charge in [0.15, 0.2) is 0 Å². The Labute approximate surface area is 106 Å². The van der Waals surface area contributed by atoms with Crippen molar-refractivity contribution in [1.29, 1.82) is 5.26 Å². The van der Waals surface area contributed by atoms with Gasteiger partial charge in [-0.15, -0.1) is 0 Å². The van der Waals surface area contributed by atoms with E-state index in [4.69, 9.17) is 0 Å². The Morgan fingerprint density at radius 3 is 2.33 bits per heavy atom. The van der Waals surface area contributed by atoms with E-state index in [9.17, 15) is 15.4 Å². The highest BCUT2D eigenvalue weighted by Crippen LogP contribution is 2.38. The number of nitro groups is 1. The number of nitriles is 1. The standard InChI is InChI=1S/C14H16N2O2/c15-11-14(8-2-1-3-9-14)10-12-4-6-13(7-5-12)16(17)18/h4-7H,1-3,8-10H2. The fourth-order valence-electron chi connectivity index (χ4n) is 2.68. The molecule has 1 aromatic carbocycles. The maximum Gasteiger partial charge on any atom is 0.269 e. The van der Waals surface area contributed by atoms with Crippen LogP contribution in [0, 0.1) is 26.9 Å². The number of non-ortho nitro benzene ring substituents is 1. The number of hydrogen-bond donors (Lipinski definition) is 0. The molecule has 1 aromatic rings. The molecule has 0 aromatic heterocycles. The Morgan fingerprint density at radius 2 is 1.83 bits per heavy atom. The van der Waals surface area contributed by atoms with Crippen LogP contribution in [-0.2, 0) is 6.42 Å². The number of nitro benzene ring substituents is 1. The van der Waals surface area contributed by atoms with Crippen LogP contribution < -0.4 is 0 Å². The Morgan fingerprint density at radius 1 is 1.22 bits per heavy atom. The van der Waals surface area contributed by atoms with Gasteiger partial charge in [0.25, 0.3) is 5.69 Å². The highest BCUT2D eigenvalue weighted by Gasteiger charge is 2.32. The quantitative estimate of drug-likeness (QED) is 0.602. The molecular weight excluding hydrogens is 228 g/mol. The van der Waals surface area contributed by atoms with Crippen molar-refractivity contribution < 1.29 is 4.92 Å². The van der Waals surface area contributed by atoms with Crippen LogP contribution in [0.4, 0.5) is 5.69 Å². The maximum atomic E-state index is 10.6. The molecule has 0 amide bonds. The molecule has 0 atom stereocenters. The van der Waals surface area contributed by atoms with Crippen LogP contribution in [0.5, 0.6) is 0 Å². The van der Waals surface area contributed by atoms with Crippen LogP contribution in [0.15, 0.2) is 24.3 Å². The predicted octanol–water partition coefficient (Wildman–Crippen LogP) is 3.61. The molecule has 0 spiro atoms. The molecule has 0 bridgehead atoms. The molecule has 94 valence electrons. The number of benzene rings is 1. The Kier molecular flexibility index (Phi) is 3.61. The first-order chi connectivity index (χ1) is 8.65. The van der Waals surface area contributed by atoms with E-state index in [-0.39, 0.29) is 11.1 Å². The molecule has 0 heterocycles. The minimum absolute atomic E-state index is 0.105. The molecule has 0 radical (unpaired) electrons. The molecule has 4 nitrogen and oxygen atoms in total. The zero-order valence-electron chi connectivity index (χ0n) is 10.3. The summed E-state index contributed by atoms with van der Waals surface area (Å²) in [6.07, 6.45) is 6.03. The molecule has 0 N–H and O–H groups in total. The van der Waals surface area contributed by atoms with Gasteiger partial charge in [-0.25, -0.2) is 0 Å². The smallest absolute Gasteiger partial charge is 0.258 e. The molecule has 0 saturated heterocycles. The Balaban J connectivity index is 2.12. The molecule has 0 unspecified atom stereocenters. The summed E-state index contributed by atoms with van der Waals surface area (Å²) in [5.74, 6) is 0. The summed E-state index contributed by atoms with van der Waals surface area (Å²) in [4.78, 5) is 10.2. The summed E-state index contributed by atoms with van der Waals surface area (Å²) < 4.78 is 0. The van der Waals surface area contributed by atoms with E-state index in [1.165, 1.54) is 18.6 Å². The van der Waals surface area contributed by atoms with Gasteiger partial charge in [-0.05, 0) is 24.8 Å². The third-order valence-corrected chi connectivity index (χ3v) is 3.74. The molecule has 2 rings (SSSR count). The summed E-state index contributed by atoms with van der Waals surface area (Å²) in [6.45, 7) is 0.